The van der Waals surface area contributed by atoms with Crippen LogP contribution in [-0.2, 0) is 0 Å². The van der Waals surface area contributed by atoms with Crippen LogP contribution in [0.2, 0.25) is 0 Å². The Labute approximate surface area is 317 Å². The van der Waals surface area contributed by atoms with Crippen LogP contribution in [0.5, 0.6) is 0 Å². The van der Waals surface area contributed by atoms with Crippen LogP contribution in [0.25, 0.3) is 0 Å². The van der Waals surface area contributed by atoms with Gasteiger partial charge in [0.2, 0.25) is 0 Å². The van der Waals surface area contributed by atoms with Gasteiger partial charge in [-0.25, -0.2) is 4.99 Å². The molecule has 0 aromatic heterocycles. The molecule has 2 heteroatoms. The van der Waals surface area contributed by atoms with Crippen LogP contribution >= 0.6 is 0 Å². The second kappa shape index (κ2) is 30.0. The van der Waals surface area contributed by atoms with Crippen molar-refractivity contribution < 1.29 is 0 Å². The molecule has 0 aliphatic rings. The number of nitrogens with zero attached hydrogens (tertiary/aromatic N) is 2. The zero-order valence-electron chi connectivity index (χ0n) is 34.6. The zero-order chi connectivity index (χ0) is 36.8. The van der Waals surface area contributed by atoms with E-state index in [1.165, 1.54) is 170 Å². The monoisotopic (exact) mass is 697 g/mol. The minimum absolute atomic E-state index is 0.941. The maximum Gasteiger partial charge on any atom is 0.0848 e. The first kappa shape index (κ1) is 44.7. The van der Waals surface area contributed by atoms with Gasteiger partial charge in [-0.2, -0.15) is 0 Å². The summed E-state index contributed by atoms with van der Waals surface area (Å²) in [5, 5.41) is 0. The molecule has 0 saturated heterocycles. The third-order valence-electron chi connectivity index (χ3n) is 10.2. The molecule has 0 amide bonds. The fourth-order valence-corrected chi connectivity index (χ4v) is 7.35. The van der Waals surface area contributed by atoms with Crippen molar-refractivity contribution in [2.24, 2.45) is 9.98 Å². The van der Waals surface area contributed by atoms with E-state index in [-0.39, 0.29) is 0 Å². The first-order chi connectivity index (χ1) is 24.9. The molecule has 0 heterocycles. The van der Waals surface area contributed by atoms with Gasteiger partial charge >= 0.3 is 0 Å². The highest BCUT2D eigenvalue weighted by atomic mass is 14.8. The van der Waals surface area contributed by atoms with Gasteiger partial charge in [-0.05, 0) is 106 Å². The number of rotatable bonds is 31. The van der Waals surface area contributed by atoms with Crippen molar-refractivity contribution in [3.05, 3.63) is 70.8 Å². The Morgan fingerprint density at radius 3 is 1.12 bits per heavy atom. The van der Waals surface area contributed by atoms with E-state index in [1.54, 1.807) is 0 Å². The summed E-state index contributed by atoms with van der Waals surface area (Å²) in [6.07, 6.45) is 41.8. The van der Waals surface area contributed by atoms with Gasteiger partial charge in [-0.3, -0.25) is 4.99 Å². The standard InChI is InChI=1S/C49H80N2/c1-7-9-11-12-13-14-15-16-17-18-19-20-21-22-23-24-25-26-27-28-29-30-31-32-33-35-49(51-47-40-44(5)37-45(6)41-47)48(34-10-8-2)50-46-38-42(3)36-43(4)39-46/h33,35-41H,7-32,34H2,1-6H3. The molecule has 0 unspecified atom stereocenters. The molecule has 0 bridgehead atoms. The van der Waals surface area contributed by atoms with Crippen LogP contribution in [0.1, 0.15) is 209 Å². The van der Waals surface area contributed by atoms with Crippen LogP contribution in [0.3, 0.4) is 0 Å². The average molecular weight is 697 g/mol. The summed E-state index contributed by atoms with van der Waals surface area (Å²) in [6.45, 7) is 13.2. The predicted molar refractivity (Wildman–Crippen MR) is 231 cm³/mol. The van der Waals surface area contributed by atoms with Gasteiger partial charge < -0.3 is 0 Å². The van der Waals surface area contributed by atoms with Gasteiger partial charge in [-0.15, -0.1) is 0 Å². The molecule has 0 fully saturated rings. The zero-order valence-corrected chi connectivity index (χ0v) is 34.6. The lowest BCUT2D eigenvalue weighted by Crippen LogP contribution is -2.12. The van der Waals surface area contributed by atoms with Gasteiger partial charge in [0.15, 0.2) is 0 Å². The highest BCUT2D eigenvalue weighted by molar-refractivity contribution is 6.47. The first-order valence-electron chi connectivity index (χ1n) is 21.9. The number of aryl methyl sites for hydroxylation is 4. The smallest absolute Gasteiger partial charge is 0.0848 e. The van der Waals surface area contributed by atoms with Gasteiger partial charge in [0.05, 0.1) is 22.8 Å². The summed E-state index contributed by atoms with van der Waals surface area (Å²) in [7, 11) is 0. The summed E-state index contributed by atoms with van der Waals surface area (Å²) in [5.74, 6) is 0. The minimum atomic E-state index is 0.941. The van der Waals surface area contributed by atoms with Gasteiger partial charge in [0, 0.05) is 0 Å². The number of aliphatic imine (C=N–C) groups is 2. The molecule has 0 aliphatic carbocycles. The van der Waals surface area contributed by atoms with E-state index in [9.17, 15) is 0 Å². The summed E-state index contributed by atoms with van der Waals surface area (Å²) >= 11 is 0. The molecule has 0 atom stereocenters. The Morgan fingerprint density at radius 1 is 0.412 bits per heavy atom. The number of allylic oxidation sites excluding steroid dienone is 2. The molecule has 2 aromatic rings. The second-order valence-electron chi connectivity index (χ2n) is 15.8. The highest BCUT2D eigenvalue weighted by Gasteiger charge is 2.09. The number of hydrogen-bond donors (Lipinski definition) is 0. The van der Waals surface area contributed by atoms with Crippen LogP contribution in [0, 0.1) is 27.7 Å². The molecule has 286 valence electrons. The van der Waals surface area contributed by atoms with Crippen LogP contribution in [0.15, 0.2) is 58.5 Å². The summed E-state index contributed by atoms with van der Waals surface area (Å²) in [5.41, 5.74) is 9.20. The topological polar surface area (TPSA) is 24.7 Å². The highest BCUT2D eigenvalue weighted by Crippen LogP contribution is 2.22. The van der Waals surface area contributed by atoms with Crippen molar-refractivity contribution in [3.63, 3.8) is 0 Å². The molecule has 0 aliphatic heterocycles. The second-order valence-corrected chi connectivity index (χ2v) is 15.8. The van der Waals surface area contributed by atoms with Crippen LogP contribution in [0.4, 0.5) is 11.4 Å². The van der Waals surface area contributed by atoms with E-state index < -0.39 is 0 Å². The Bertz CT molecular complexity index is 1210. The maximum atomic E-state index is 5.21. The van der Waals surface area contributed by atoms with E-state index in [0.717, 1.165) is 48.5 Å². The average Bonchev–Trinajstić information content (AvgIpc) is 3.08. The Kier molecular flexibility index (Phi) is 26.3. The maximum absolute atomic E-state index is 5.21. The SMILES string of the molecule is CCCCCCCCCCCCCCCCCCCCCCCCCC=CC(=Nc1cc(C)cc(C)c1)C(CCCC)=Nc1cc(C)cc(C)c1. The van der Waals surface area contributed by atoms with Gasteiger partial charge in [0.1, 0.15) is 0 Å². The molecular weight excluding hydrogens is 617 g/mol. The minimum Gasteiger partial charge on any atom is -0.251 e. The van der Waals surface area contributed by atoms with Crippen molar-refractivity contribution in [2.45, 2.75) is 215 Å². The Balaban J connectivity index is 1.63. The Hall–Kier alpha value is -2.48. The summed E-state index contributed by atoms with van der Waals surface area (Å²) < 4.78 is 0. The van der Waals surface area contributed by atoms with Crippen molar-refractivity contribution in [1.82, 2.24) is 0 Å². The third-order valence-corrected chi connectivity index (χ3v) is 10.2. The number of unbranched alkanes of at least 4 members (excludes halogenated alkanes) is 24. The van der Waals surface area contributed by atoms with Gasteiger partial charge in [-0.1, -0.05) is 180 Å². The lowest BCUT2D eigenvalue weighted by atomic mass is 10.0. The fraction of sp³-hybridized carbons (Fsp3) is 0.673. The van der Waals surface area contributed by atoms with Crippen LogP contribution in [-0.4, -0.2) is 11.4 Å². The van der Waals surface area contributed by atoms with E-state index in [1.807, 2.05) is 0 Å². The lowest BCUT2D eigenvalue weighted by Gasteiger charge is -2.10. The van der Waals surface area contributed by atoms with Gasteiger partial charge in [0.25, 0.3) is 0 Å². The van der Waals surface area contributed by atoms with Crippen molar-refractivity contribution in [2.75, 3.05) is 0 Å². The Morgan fingerprint density at radius 2 is 0.745 bits per heavy atom. The van der Waals surface area contributed by atoms with E-state index >= 15 is 0 Å². The number of hydrogen-bond acceptors (Lipinski definition) is 2. The molecule has 2 nitrogen and oxygen atoms in total. The fourth-order valence-electron chi connectivity index (χ4n) is 7.35. The molecular formula is C49H80N2. The van der Waals surface area contributed by atoms with Crippen molar-refractivity contribution in [1.29, 1.82) is 0 Å². The molecule has 0 saturated carbocycles. The summed E-state index contributed by atoms with van der Waals surface area (Å²) in [6, 6.07) is 13.2. The molecule has 0 N–H and O–H groups in total. The molecule has 0 radical (unpaired) electrons. The van der Waals surface area contributed by atoms with E-state index in [0.29, 0.717) is 0 Å². The van der Waals surface area contributed by atoms with E-state index in [4.69, 9.17) is 9.98 Å². The largest absolute Gasteiger partial charge is 0.251 e. The predicted octanol–water partition coefficient (Wildman–Crippen LogP) is 16.9. The normalized spacial score (nSPS) is 12.4. The summed E-state index contributed by atoms with van der Waals surface area (Å²) in [4.78, 5) is 10.4. The van der Waals surface area contributed by atoms with Crippen molar-refractivity contribution in [3.8, 4) is 0 Å². The number of benzene rings is 2. The van der Waals surface area contributed by atoms with Crippen LogP contribution < -0.4 is 0 Å². The molecule has 2 rings (SSSR count). The quantitative estimate of drug-likeness (QED) is 0.0554. The molecule has 2 aromatic carbocycles. The first-order valence-corrected chi connectivity index (χ1v) is 21.9. The van der Waals surface area contributed by atoms with E-state index in [2.05, 4.69) is 90.1 Å². The molecule has 0 spiro atoms. The lowest BCUT2D eigenvalue weighted by molar-refractivity contribution is 0.518. The third kappa shape index (κ3) is 23.7. The molecule has 51 heavy (non-hydrogen) atoms. The van der Waals surface area contributed by atoms with Crippen molar-refractivity contribution >= 4 is 22.8 Å².